The molecule has 1 aliphatic rings. The number of fused-ring (bicyclic) bond motifs is 1. The fraction of sp³-hybridized carbons (Fsp3) is 0.278. The Kier molecular flexibility index (Phi) is 4.99. The van der Waals surface area contributed by atoms with Crippen LogP contribution >= 0.6 is 11.6 Å². The predicted molar refractivity (Wildman–Crippen MR) is 97.2 cm³/mol. The van der Waals surface area contributed by atoms with E-state index in [4.69, 9.17) is 21.1 Å². The summed E-state index contributed by atoms with van der Waals surface area (Å²) in [6.45, 7) is 3.32. The number of hydrogen-bond donors (Lipinski definition) is 1. The number of benzene rings is 1. The summed E-state index contributed by atoms with van der Waals surface area (Å²) < 4.78 is 12.3. The minimum Gasteiger partial charge on any atom is -0.488 e. The molecule has 0 saturated carbocycles. The maximum absolute atomic E-state index is 12.2. The molecule has 7 nitrogen and oxygen atoms in total. The normalized spacial score (nSPS) is 12.7. The van der Waals surface area contributed by atoms with Gasteiger partial charge in [-0.3, -0.25) is 9.48 Å². The molecular weight excluding hydrogens is 358 g/mol. The second kappa shape index (κ2) is 7.21. The van der Waals surface area contributed by atoms with Crippen molar-refractivity contribution >= 4 is 35.2 Å². The van der Waals surface area contributed by atoms with Crippen LogP contribution in [-0.4, -0.2) is 34.9 Å². The number of rotatable bonds is 4. The summed E-state index contributed by atoms with van der Waals surface area (Å²) >= 11 is 5.95. The van der Waals surface area contributed by atoms with Crippen LogP contribution in [0.1, 0.15) is 17.0 Å². The number of aromatic nitrogens is 2. The zero-order chi connectivity index (χ0) is 18.8. The van der Waals surface area contributed by atoms with E-state index in [1.807, 2.05) is 6.92 Å². The van der Waals surface area contributed by atoms with E-state index >= 15 is 0 Å². The van der Waals surface area contributed by atoms with Crippen molar-refractivity contribution in [3.05, 3.63) is 45.7 Å². The zero-order valence-corrected chi connectivity index (χ0v) is 15.4. The lowest BCUT2D eigenvalue weighted by Gasteiger charge is -2.17. The van der Waals surface area contributed by atoms with Gasteiger partial charge in [-0.15, -0.1) is 0 Å². The molecule has 8 heteroatoms. The average molecular weight is 376 g/mol. The summed E-state index contributed by atoms with van der Waals surface area (Å²) in [5.41, 5.74) is 3.15. The lowest BCUT2D eigenvalue weighted by Crippen LogP contribution is -2.24. The largest absolute Gasteiger partial charge is 0.488 e. The van der Waals surface area contributed by atoms with Crippen molar-refractivity contribution in [2.45, 2.75) is 13.8 Å². The molecule has 1 aromatic carbocycles. The fourth-order valence-corrected chi connectivity index (χ4v) is 2.80. The van der Waals surface area contributed by atoms with Crippen LogP contribution < -0.4 is 10.1 Å². The minimum atomic E-state index is -0.606. The molecular formula is C18H18ClN3O4. The number of nitrogens with one attached hydrogen (secondary N) is 1. The summed E-state index contributed by atoms with van der Waals surface area (Å²) in [7, 11) is 1.79. The van der Waals surface area contributed by atoms with Gasteiger partial charge in [-0.25, -0.2) is 4.79 Å². The zero-order valence-electron chi connectivity index (χ0n) is 14.6. The summed E-state index contributed by atoms with van der Waals surface area (Å²) in [5, 5.41) is 7.47. The van der Waals surface area contributed by atoms with Crippen molar-refractivity contribution in [3.63, 3.8) is 0 Å². The van der Waals surface area contributed by atoms with Gasteiger partial charge in [0.2, 0.25) is 0 Å². The Balaban J connectivity index is 1.61. The van der Waals surface area contributed by atoms with E-state index in [0.29, 0.717) is 33.3 Å². The molecule has 0 unspecified atom stereocenters. The average Bonchev–Trinajstić information content (AvgIpc) is 2.85. The molecule has 0 aliphatic carbocycles. The monoisotopic (exact) mass is 375 g/mol. The number of esters is 1. The van der Waals surface area contributed by atoms with Crippen LogP contribution in [-0.2, 0) is 21.4 Å². The fourth-order valence-electron chi connectivity index (χ4n) is 2.62. The first-order chi connectivity index (χ1) is 12.3. The summed E-state index contributed by atoms with van der Waals surface area (Å²) in [5.74, 6) is -0.394. The Labute approximate surface area is 155 Å². The molecule has 2 aromatic rings. The highest BCUT2D eigenvalue weighted by Gasteiger charge is 2.20. The Morgan fingerprint density at radius 1 is 1.38 bits per heavy atom. The van der Waals surface area contributed by atoms with Crippen molar-refractivity contribution in [1.29, 1.82) is 0 Å². The number of aryl methyl sites for hydroxylation is 2. The van der Waals surface area contributed by atoms with Gasteiger partial charge in [0.15, 0.2) is 6.61 Å². The molecule has 26 heavy (non-hydrogen) atoms. The van der Waals surface area contributed by atoms with Crippen molar-refractivity contribution < 1.29 is 19.1 Å². The molecule has 0 fully saturated rings. The molecule has 0 radical (unpaired) electrons. The first-order valence-electron chi connectivity index (χ1n) is 7.95. The third kappa shape index (κ3) is 3.72. The van der Waals surface area contributed by atoms with Crippen LogP contribution in [0.25, 0.3) is 6.08 Å². The smallest absolute Gasteiger partial charge is 0.338 e. The van der Waals surface area contributed by atoms with E-state index in [0.717, 1.165) is 5.69 Å². The van der Waals surface area contributed by atoms with Crippen molar-refractivity contribution in [3.8, 4) is 5.75 Å². The maximum Gasteiger partial charge on any atom is 0.338 e. The molecule has 136 valence electrons. The van der Waals surface area contributed by atoms with E-state index in [1.165, 1.54) is 0 Å². The number of halogens is 1. The van der Waals surface area contributed by atoms with Gasteiger partial charge in [-0.05, 0) is 38.1 Å². The first-order valence-corrected chi connectivity index (χ1v) is 8.33. The van der Waals surface area contributed by atoms with Crippen molar-refractivity contribution in [2.24, 2.45) is 7.05 Å². The lowest BCUT2D eigenvalue weighted by molar-refractivity contribution is -0.143. The number of ether oxygens (including phenoxy) is 2. The number of anilines is 1. The number of hydrogen-bond acceptors (Lipinski definition) is 5. The van der Waals surface area contributed by atoms with Crippen LogP contribution in [0, 0.1) is 13.8 Å². The molecule has 3 rings (SSSR count). The highest BCUT2D eigenvalue weighted by molar-refractivity contribution is 6.30. The second-order valence-corrected chi connectivity index (χ2v) is 6.37. The van der Waals surface area contributed by atoms with Gasteiger partial charge in [0, 0.05) is 17.6 Å². The Bertz CT molecular complexity index is 917. The van der Waals surface area contributed by atoms with Gasteiger partial charge in [0.1, 0.15) is 12.4 Å². The van der Waals surface area contributed by atoms with E-state index in [1.54, 1.807) is 42.9 Å². The summed E-state index contributed by atoms with van der Waals surface area (Å²) in [6.07, 6.45) is 1.65. The lowest BCUT2D eigenvalue weighted by atomic mass is 10.1. The summed E-state index contributed by atoms with van der Waals surface area (Å²) in [4.78, 5) is 24.3. The summed E-state index contributed by atoms with van der Waals surface area (Å²) in [6, 6.07) is 5.15. The van der Waals surface area contributed by atoms with Crippen molar-refractivity contribution in [2.75, 3.05) is 18.5 Å². The second-order valence-electron chi connectivity index (χ2n) is 5.93. The van der Waals surface area contributed by atoms with E-state index in [2.05, 4.69) is 10.4 Å². The molecule has 0 spiro atoms. The third-order valence-corrected chi connectivity index (χ3v) is 4.29. The number of nitrogens with zero attached hydrogens (tertiary/aromatic N) is 2. The van der Waals surface area contributed by atoms with Gasteiger partial charge < -0.3 is 14.8 Å². The van der Waals surface area contributed by atoms with Gasteiger partial charge in [-0.2, -0.15) is 5.10 Å². The standard InChI is InChI=1S/C18H18ClN3O4/c1-10-17(11(2)22(3)21-10)20-16(23)9-26-18(24)13-6-12-7-14(19)4-5-15(12)25-8-13/h4-7H,8-9H2,1-3H3,(H,20,23). The first kappa shape index (κ1) is 18.0. The molecule has 1 aromatic heterocycles. The minimum absolute atomic E-state index is 0.0793. The van der Waals surface area contributed by atoms with Gasteiger partial charge in [-0.1, -0.05) is 11.6 Å². The van der Waals surface area contributed by atoms with Gasteiger partial charge in [0.05, 0.1) is 22.6 Å². The highest BCUT2D eigenvalue weighted by Crippen LogP contribution is 2.29. The molecule has 1 N–H and O–H groups in total. The number of carbonyl (C=O) groups excluding carboxylic acids is 2. The molecule has 1 aliphatic heterocycles. The Morgan fingerprint density at radius 3 is 2.85 bits per heavy atom. The van der Waals surface area contributed by atoms with Crippen LogP contribution in [0.4, 0.5) is 5.69 Å². The Morgan fingerprint density at radius 2 is 2.15 bits per heavy atom. The maximum atomic E-state index is 12.2. The van der Waals surface area contributed by atoms with Crippen molar-refractivity contribution in [1.82, 2.24) is 9.78 Å². The molecule has 1 amide bonds. The third-order valence-electron chi connectivity index (χ3n) is 4.05. The number of amides is 1. The topological polar surface area (TPSA) is 82.5 Å². The molecule has 2 heterocycles. The van der Waals surface area contributed by atoms with Crippen LogP contribution in [0.3, 0.4) is 0 Å². The van der Waals surface area contributed by atoms with Crippen LogP contribution in [0.15, 0.2) is 23.8 Å². The Hall–Kier alpha value is -2.80. The van der Waals surface area contributed by atoms with Crippen LogP contribution in [0.5, 0.6) is 5.75 Å². The highest BCUT2D eigenvalue weighted by atomic mass is 35.5. The number of carbonyl (C=O) groups is 2. The van der Waals surface area contributed by atoms with E-state index in [-0.39, 0.29) is 6.61 Å². The predicted octanol–water partition coefficient (Wildman–Crippen LogP) is 2.65. The quantitative estimate of drug-likeness (QED) is 0.831. The van der Waals surface area contributed by atoms with Gasteiger partial charge in [0.25, 0.3) is 5.91 Å². The SMILES string of the molecule is Cc1nn(C)c(C)c1NC(=O)COC(=O)C1=Cc2cc(Cl)ccc2OC1. The molecule has 0 bridgehead atoms. The molecule has 0 atom stereocenters. The van der Waals surface area contributed by atoms with Crippen LogP contribution in [0.2, 0.25) is 5.02 Å². The van der Waals surface area contributed by atoms with Gasteiger partial charge >= 0.3 is 5.97 Å². The molecule has 0 saturated heterocycles. The van der Waals surface area contributed by atoms with E-state index in [9.17, 15) is 9.59 Å². The van der Waals surface area contributed by atoms with E-state index < -0.39 is 18.5 Å².